The first-order valence-electron chi connectivity index (χ1n) is 16.9. The van der Waals surface area contributed by atoms with E-state index in [0.717, 1.165) is 16.7 Å². The lowest BCUT2D eigenvalue weighted by molar-refractivity contribution is -0.139. The first-order chi connectivity index (χ1) is 24.3. The number of aromatic nitrogens is 2. The molecule has 0 aliphatic carbocycles. The van der Waals surface area contributed by atoms with Gasteiger partial charge in [-0.15, -0.1) is 0 Å². The Bertz CT molecular complexity index is 2240. The van der Waals surface area contributed by atoms with Gasteiger partial charge in [0, 0.05) is 72.4 Å². The van der Waals surface area contributed by atoms with Crippen LogP contribution in [0.3, 0.4) is 0 Å². The molecule has 51 heavy (non-hydrogen) atoms. The van der Waals surface area contributed by atoms with Crippen molar-refractivity contribution in [3.8, 4) is 16.9 Å². The zero-order valence-corrected chi connectivity index (χ0v) is 30.5. The van der Waals surface area contributed by atoms with Crippen molar-refractivity contribution in [2.45, 2.75) is 57.1 Å². The number of amides is 2. The first-order valence-corrected chi connectivity index (χ1v) is 18.7. The topological polar surface area (TPSA) is 111 Å². The maximum Gasteiger partial charge on any atom is 0.410 e. The van der Waals surface area contributed by atoms with Gasteiger partial charge in [0.15, 0.2) is 11.8 Å². The molecule has 2 aromatic heterocycles. The summed E-state index contributed by atoms with van der Waals surface area (Å²) in [6.07, 6.45) is 1.09. The molecule has 2 amide bonds. The lowest BCUT2D eigenvalue weighted by Crippen LogP contribution is -2.54. The van der Waals surface area contributed by atoms with E-state index in [9.17, 15) is 18.0 Å². The maximum absolute atomic E-state index is 14.3. The van der Waals surface area contributed by atoms with Gasteiger partial charge in [-0.3, -0.25) is 4.79 Å². The molecule has 0 radical (unpaired) electrons. The van der Waals surface area contributed by atoms with E-state index >= 15 is 0 Å². The normalized spacial score (nSPS) is 16.2. The lowest BCUT2D eigenvalue weighted by atomic mass is 9.98. The van der Waals surface area contributed by atoms with Crippen molar-refractivity contribution in [1.82, 2.24) is 18.8 Å². The number of benzene rings is 3. The van der Waals surface area contributed by atoms with Gasteiger partial charge >= 0.3 is 6.09 Å². The van der Waals surface area contributed by atoms with Gasteiger partial charge in [0.05, 0.1) is 4.90 Å². The highest BCUT2D eigenvalue weighted by molar-refractivity contribution is 7.90. The summed E-state index contributed by atoms with van der Waals surface area (Å²) in [6, 6.07) is 23.7. The highest BCUT2D eigenvalue weighted by Gasteiger charge is 2.37. The third kappa shape index (κ3) is 6.92. The van der Waals surface area contributed by atoms with Crippen molar-refractivity contribution in [3.63, 3.8) is 0 Å². The smallest absolute Gasteiger partial charge is 0.410 e. The van der Waals surface area contributed by atoms with Crippen molar-refractivity contribution in [2.24, 2.45) is 0 Å². The van der Waals surface area contributed by atoms with Crippen LogP contribution in [0.5, 0.6) is 5.75 Å². The van der Waals surface area contributed by atoms with E-state index in [1.165, 1.54) is 3.97 Å². The number of piperazine rings is 1. The molecule has 0 bridgehead atoms. The minimum absolute atomic E-state index is 0.160. The van der Waals surface area contributed by atoms with E-state index in [-0.39, 0.29) is 16.4 Å². The van der Waals surface area contributed by atoms with Crippen LogP contribution in [0.25, 0.3) is 22.2 Å². The Balaban J connectivity index is 1.23. The average Bonchev–Trinajstić information content (AvgIpc) is 3.69. The minimum atomic E-state index is -4.05. The molecule has 2 aliphatic heterocycles. The number of carbonyl (C=O) groups is 2. The Morgan fingerprint density at radius 1 is 0.922 bits per heavy atom. The van der Waals surface area contributed by atoms with Gasteiger partial charge < -0.3 is 19.3 Å². The molecule has 0 spiro atoms. The number of ether oxygens (including phenoxy) is 2. The molecular formula is C39H39ClN4O6S. The monoisotopic (exact) mass is 726 g/mol. The van der Waals surface area contributed by atoms with Crippen LogP contribution in [-0.2, 0) is 32.4 Å². The summed E-state index contributed by atoms with van der Waals surface area (Å²) in [5.74, 6) is 0.355. The van der Waals surface area contributed by atoms with Gasteiger partial charge in [-0.25, -0.2) is 22.2 Å². The molecule has 4 heterocycles. The van der Waals surface area contributed by atoms with Crippen LogP contribution in [0, 0.1) is 6.92 Å². The van der Waals surface area contributed by atoms with Crippen LogP contribution in [0.15, 0.2) is 90.0 Å². The SMILES string of the molecule is Cc1ccc(S(=O)(=O)n2c(Cc3ccccc3)cc3c(-c4cc(Cl)cc5c4OC(C(=O)N4CCN(C(=O)OC(C)(C)C)CC4)C5)ccnc32)cc1. The zero-order valence-electron chi connectivity index (χ0n) is 28.9. The van der Waals surface area contributed by atoms with Crippen molar-refractivity contribution < 1.29 is 27.5 Å². The number of aryl methyl sites for hydroxylation is 1. The van der Waals surface area contributed by atoms with Gasteiger partial charge in [0.2, 0.25) is 0 Å². The lowest BCUT2D eigenvalue weighted by Gasteiger charge is -2.36. The predicted molar refractivity (Wildman–Crippen MR) is 196 cm³/mol. The molecule has 5 aromatic rings. The summed E-state index contributed by atoms with van der Waals surface area (Å²) >= 11 is 6.69. The van der Waals surface area contributed by atoms with Crippen molar-refractivity contribution >= 4 is 44.7 Å². The first kappa shape index (κ1) is 34.6. The number of halogens is 1. The highest BCUT2D eigenvalue weighted by atomic mass is 35.5. The molecule has 12 heteroatoms. The fourth-order valence-electron chi connectivity index (χ4n) is 6.68. The summed E-state index contributed by atoms with van der Waals surface area (Å²) in [5, 5.41) is 1.08. The number of hydrogen-bond donors (Lipinski definition) is 0. The number of rotatable bonds is 6. The summed E-state index contributed by atoms with van der Waals surface area (Å²) < 4.78 is 41.9. The van der Waals surface area contributed by atoms with Gasteiger partial charge in [-0.05, 0) is 75.2 Å². The standard InChI is InChI=1S/C39H39ClN4O6S/c1-25-10-12-30(13-11-25)51(47,48)44-29(20-26-8-6-5-7-9-26)24-33-31(14-15-41-36(33)44)32-23-28(40)21-27-22-34(49-35(27)32)37(45)42-16-18-43(19-17-42)38(46)50-39(2,3)4/h5-15,21,23-24,34H,16-20,22H2,1-4H3. The van der Waals surface area contributed by atoms with Crippen LogP contribution in [-0.4, -0.2) is 77.1 Å². The van der Waals surface area contributed by atoms with Crippen LogP contribution in [0.4, 0.5) is 4.79 Å². The summed E-state index contributed by atoms with van der Waals surface area (Å²) in [4.78, 5) is 34.4. The zero-order chi connectivity index (χ0) is 36.1. The molecule has 0 saturated carbocycles. The molecule has 1 saturated heterocycles. The largest absolute Gasteiger partial charge is 0.479 e. The van der Waals surface area contributed by atoms with Gasteiger partial charge in [0.25, 0.3) is 15.9 Å². The van der Waals surface area contributed by atoms with Crippen LogP contribution >= 0.6 is 11.6 Å². The Labute approximate surface area is 302 Å². The van der Waals surface area contributed by atoms with Crippen LogP contribution in [0.2, 0.25) is 5.02 Å². The van der Waals surface area contributed by atoms with Crippen LogP contribution in [0.1, 0.15) is 43.2 Å². The van der Waals surface area contributed by atoms with Crippen molar-refractivity contribution in [3.05, 3.63) is 112 Å². The van der Waals surface area contributed by atoms with E-state index in [4.69, 9.17) is 21.1 Å². The molecule has 2 aliphatic rings. The van der Waals surface area contributed by atoms with Gasteiger partial charge in [0.1, 0.15) is 11.4 Å². The number of nitrogens with zero attached hydrogens (tertiary/aromatic N) is 4. The Kier molecular flexibility index (Phi) is 9.05. The summed E-state index contributed by atoms with van der Waals surface area (Å²) in [6.45, 7) is 8.82. The molecule has 1 fully saturated rings. The molecular weight excluding hydrogens is 688 g/mol. The fourth-order valence-corrected chi connectivity index (χ4v) is 8.41. The molecule has 264 valence electrons. The molecule has 0 N–H and O–H groups in total. The fraction of sp³-hybridized carbons (Fsp3) is 0.308. The Morgan fingerprint density at radius 3 is 2.29 bits per heavy atom. The number of carbonyl (C=O) groups excluding carboxylic acids is 2. The number of pyridine rings is 1. The maximum atomic E-state index is 14.3. The van der Waals surface area contributed by atoms with E-state index < -0.39 is 27.8 Å². The summed E-state index contributed by atoms with van der Waals surface area (Å²) in [7, 11) is -4.05. The molecule has 1 atom stereocenters. The molecule has 3 aromatic carbocycles. The van der Waals surface area contributed by atoms with E-state index in [1.807, 2.05) is 70.2 Å². The highest BCUT2D eigenvalue weighted by Crippen LogP contribution is 2.44. The minimum Gasteiger partial charge on any atom is -0.479 e. The molecule has 1 unspecified atom stereocenters. The second-order valence-electron chi connectivity index (χ2n) is 14.0. The van der Waals surface area contributed by atoms with Crippen molar-refractivity contribution in [2.75, 3.05) is 26.2 Å². The molecule has 10 nitrogen and oxygen atoms in total. The van der Waals surface area contributed by atoms with E-state index in [1.54, 1.807) is 52.4 Å². The third-order valence-electron chi connectivity index (χ3n) is 9.13. The second-order valence-corrected chi connectivity index (χ2v) is 16.2. The molecule has 7 rings (SSSR count). The van der Waals surface area contributed by atoms with Crippen molar-refractivity contribution in [1.29, 1.82) is 0 Å². The Morgan fingerprint density at radius 2 is 1.61 bits per heavy atom. The summed E-state index contributed by atoms with van der Waals surface area (Å²) in [5.41, 5.74) is 4.24. The van der Waals surface area contributed by atoms with E-state index in [2.05, 4.69) is 4.98 Å². The third-order valence-corrected chi connectivity index (χ3v) is 11.1. The van der Waals surface area contributed by atoms with Gasteiger partial charge in [-0.1, -0.05) is 59.6 Å². The second kappa shape index (κ2) is 13.4. The van der Waals surface area contributed by atoms with Gasteiger partial charge in [-0.2, -0.15) is 0 Å². The van der Waals surface area contributed by atoms with Crippen LogP contribution < -0.4 is 4.74 Å². The number of fused-ring (bicyclic) bond motifs is 2. The average molecular weight is 727 g/mol. The number of hydrogen-bond acceptors (Lipinski definition) is 7. The Hall–Kier alpha value is -4.87. The predicted octanol–water partition coefficient (Wildman–Crippen LogP) is 6.88. The quantitative estimate of drug-likeness (QED) is 0.188. The van der Waals surface area contributed by atoms with E-state index in [0.29, 0.717) is 72.0 Å².